The third-order valence-electron chi connectivity index (χ3n) is 4.58. The van der Waals surface area contributed by atoms with E-state index in [2.05, 4.69) is 15.3 Å². The Balaban J connectivity index is 1.80. The summed E-state index contributed by atoms with van der Waals surface area (Å²) in [5, 5.41) is 16.6. The Kier molecular flexibility index (Phi) is 5.03. The van der Waals surface area contributed by atoms with Gasteiger partial charge in [-0.1, -0.05) is 0 Å². The molecule has 1 atom stereocenters. The van der Waals surface area contributed by atoms with Gasteiger partial charge in [0.05, 0.1) is 23.9 Å². The first-order chi connectivity index (χ1) is 11.9. The Labute approximate surface area is 146 Å². The third-order valence-corrected chi connectivity index (χ3v) is 4.58. The lowest BCUT2D eigenvalue weighted by Gasteiger charge is -2.34. The highest BCUT2D eigenvalue weighted by atomic mass is 19.1. The van der Waals surface area contributed by atoms with Crippen molar-refractivity contribution in [3.63, 3.8) is 0 Å². The monoisotopic (exact) mass is 346 g/mol. The Hall–Kier alpha value is -2.41. The maximum absolute atomic E-state index is 13.8. The first kappa shape index (κ1) is 17.4. The molecule has 0 bridgehead atoms. The van der Waals surface area contributed by atoms with Crippen molar-refractivity contribution >= 4 is 11.6 Å². The highest BCUT2D eigenvalue weighted by molar-refractivity contribution is 5.94. The van der Waals surface area contributed by atoms with E-state index < -0.39 is 0 Å². The molecule has 2 aromatic rings. The number of piperidine rings is 1. The Morgan fingerprint density at radius 3 is 2.76 bits per heavy atom. The molecule has 3 rings (SSSR count). The number of carbonyl (C=O) groups is 1. The number of nitrogens with zero attached hydrogens (tertiary/aromatic N) is 3. The Bertz CT molecular complexity index is 753. The van der Waals surface area contributed by atoms with E-state index in [1.165, 1.54) is 18.3 Å². The number of aromatic nitrogens is 2. The number of aryl methyl sites for hydroxylation is 1. The number of amides is 1. The van der Waals surface area contributed by atoms with Gasteiger partial charge in [0.1, 0.15) is 5.82 Å². The zero-order chi connectivity index (χ0) is 18.0. The van der Waals surface area contributed by atoms with Crippen molar-refractivity contribution < 1.29 is 14.3 Å². The van der Waals surface area contributed by atoms with Gasteiger partial charge in [0.15, 0.2) is 0 Å². The van der Waals surface area contributed by atoms with Crippen LogP contribution >= 0.6 is 0 Å². The molecule has 1 fully saturated rings. The average molecular weight is 346 g/mol. The molecule has 1 saturated heterocycles. The van der Waals surface area contributed by atoms with Crippen LogP contribution in [0.4, 0.5) is 10.1 Å². The van der Waals surface area contributed by atoms with Crippen LogP contribution in [0.15, 0.2) is 30.6 Å². The van der Waals surface area contributed by atoms with Gasteiger partial charge in [-0.15, -0.1) is 0 Å². The molecule has 1 aromatic heterocycles. The minimum absolute atomic E-state index is 0.245. The van der Waals surface area contributed by atoms with E-state index in [4.69, 9.17) is 0 Å². The summed E-state index contributed by atoms with van der Waals surface area (Å²) >= 11 is 0. The molecule has 1 aromatic carbocycles. The summed E-state index contributed by atoms with van der Waals surface area (Å²) in [7, 11) is 1.75. The van der Waals surface area contributed by atoms with E-state index in [-0.39, 0.29) is 23.9 Å². The molecular weight excluding hydrogens is 323 g/mol. The molecule has 1 unspecified atom stereocenters. The number of hydrogen-bond acceptors (Lipinski definition) is 4. The standard InChI is InChI=1S/C18H23FN4O2/c1-12(21-18(25)13-10-20-22(2)11-13)16-9-14(19)3-4-17(16)23-7-5-15(24)6-8-23/h3-4,9-12,15,24H,5-8H2,1-2H3,(H,21,25). The van der Waals surface area contributed by atoms with Crippen molar-refractivity contribution in [3.05, 3.63) is 47.5 Å². The minimum Gasteiger partial charge on any atom is -0.393 e. The second-order valence-corrected chi connectivity index (χ2v) is 6.52. The van der Waals surface area contributed by atoms with Crippen molar-refractivity contribution in [2.24, 2.45) is 7.05 Å². The molecule has 1 aliphatic rings. The molecule has 2 N–H and O–H groups in total. The fourth-order valence-corrected chi connectivity index (χ4v) is 3.16. The maximum Gasteiger partial charge on any atom is 0.254 e. The first-order valence-electron chi connectivity index (χ1n) is 8.46. The minimum atomic E-state index is -0.356. The van der Waals surface area contributed by atoms with Crippen molar-refractivity contribution in [1.29, 1.82) is 0 Å². The quantitative estimate of drug-likeness (QED) is 0.888. The molecule has 0 radical (unpaired) electrons. The highest BCUT2D eigenvalue weighted by Gasteiger charge is 2.23. The van der Waals surface area contributed by atoms with Crippen LogP contribution < -0.4 is 10.2 Å². The van der Waals surface area contributed by atoms with E-state index in [1.807, 2.05) is 6.92 Å². The van der Waals surface area contributed by atoms with Crippen molar-refractivity contribution in [2.45, 2.75) is 31.9 Å². The van der Waals surface area contributed by atoms with Gasteiger partial charge in [-0.3, -0.25) is 9.48 Å². The van der Waals surface area contributed by atoms with Gasteiger partial charge in [0.2, 0.25) is 0 Å². The number of hydrogen-bond donors (Lipinski definition) is 2. The van der Waals surface area contributed by atoms with E-state index >= 15 is 0 Å². The molecule has 0 spiro atoms. The van der Waals surface area contributed by atoms with Crippen LogP contribution in [0, 0.1) is 5.82 Å². The Morgan fingerprint density at radius 2 is 2.12 bits per heavy atom. The van der Waals surface area contributed by atoms with Crippen LogP contribution in [-0.4, -0.2) is 40.0 Å². The SMILES string of the molecule is CC(NC(=O)c1cnn(C)c1)c1cc(F)ccc1N1CCC(O)CC1. The van der Waals surface area contributed by atoms with Gasteiger partial charge in [-0.05, 0) is 38.0 Å². The molecule has 1 aliphatic heterocycles. The van der Waals surface area contributed by atoms with Gasteiger partial charge in [0, 0.05) is 37.6 Å². The van der Waals surface area contributed by atoms with E-state index in [0.29, 0.717) is 31.5 Å². The summed E-state index contributed by atoms with van der Waals surface area (Å²) in [5.41, 5.74) is 2.09. The summed E-state index contributed by atoms with van der Waals surface area (Å²) in [6, 6.07) is 4.29. The third kappa shape index (κ3) is 3.99. The fraction of sp³-hybridized carbons (Fsp3) is 0.444. The van der Waals surface area contributed by atoms with E-state index in [1.54, 1.807) is 24.0 Å². The van der Waals surface area contributed by atoms with Crippen molar-refractivity contribution in [2.75, 3.05) is 18.0 Å². The molecule has 1 amide bonds. The predicted octanol–water partition coefficient (Wildman–Crippen LogP) is 2.01. The number of halogens is 1. The number of nitrogens with one attached hydrogen (secondary N) is 1. The number of carbonyl (C=O) groups excluding carboxylic acids is 1. The van der Waals surface area contributed by atoms with Gasteiger partial charge in [-0.2, -0.15) is 5.10 Å². The average Bonchev–Trinajstić information content (AvgIpc) is 3.02. The number of anilines is 1. The van der Waals surface area contributed by atoms with Crippen LogP contribution in [0.3, 0.4) is 0 Å². The van der Waals surface area contributed by atoms with Crippen LogP contribution in [0.1, 0.15) is 41.7 Å². The lowest BCUT2D eigenvalue weighted by molar-refractivity contribution is 0.0940. The predicted molar refractivity (Wildman–Crippen MR) is 92.9 cm³/mol. The van der Waals surface area contributed by atoms with Crippen molar-refractivity contribution in [1.82, 2.24) is 15.1 Å². The van der Waals surface area contributed by atoms with E-state index in [9.17, 15) is 14.3 Å². The smallest absolute Gasteiger partial charge is 0.254 e. The number of aliphatic hydroxyl groups excluding tert-OH is 1. The second-order valence-electron chi connectivity index (χ2n) is 6.52. The summed E-state index contributed by atoms with van der Waals surface area (Å²) in [5.74, 6) is -0.580. The topological polar surface area (TPSA) is 70.4 Å². The zero-order valence-electron chi connectivity index (χ0n) is 14.4. The van der Waals surface area contributed by atoms with Crippen LogP contribution in [0.5, 0.6) is 0 Å². The molecule has 7 heteroatoms. The van der Waals surface area contributed by atoms with Crippen LogP contribution in [0.2, 0.25) is 0 Å². The van der Waals surface area contributed by atoms with Gasteiger partial charge < -0.3 is 15.3 Å². The summed E-state index contributed by atoms with van der Waals surface area (Å²) in [6.45, 7) is 3.26. The molecule has 6 nitrogen and oxygen atoms in total. The largest absolute Gasteiger partial charge is 0.393 e. The zero-order valence-corrected chi connectivity index (χ0v) is 14.4. The number of benzene rings is 1. The molecule has 25 heavy (non-hydrogen) atoms. The lowest BCUT2D eigenvalue weighted by atomic mass is 10.0. The first-order valence-corrected chi connectivity index (χ1v) is 8.46. The molecule has 134 valence electrons. The molecule has 2 heterocycles. The molecular formula is C18H23FN4O2. The van der Waals surface area contributed by atoms with E-state index in [0.717, 1.165) is 11.3 Å². The van der Waals surface area contributed by atoms with Gasteiger partial charge in [-0.25, -0.2) is 4.39 Å². The maximum atomic E-state index is 13.8. The van der Waals surface area contributed by atoms with Gasteiger partial charge in [0.25, 0.3) is 5.91 Å². The van der Waals surface area contributed by atoms with Crippen LogP contribution in [0.25, 0.3) is 0 Å². The van der Waals surface area contributed by atoms with Crippen LogP contribution in [-0.2, 0) is 7.05 Å². The van der Waals surface area contributed by atoms with Crippen molar-refractivity contribution in [3.8, 4) is 0 Å². The highest BCUT2D eigenvalue weighted by Crippen LogP contribution is 2.30. The fourth-order valence-electron chi connectivity index (χ4n) is 3.16. The number of rotatable bonds is 4. The lowest BCUT2D eigenvalue weighted by Crippen LogP contribution is -2.37. The second kappa shape index (κ2) is 7.23. The Morgan fingerprint density at radius 1 is 1.40 bits per heavy atom. The summed E-state index contributed by atoms with van der Waals surface area (Å²) in [4.78, 5) is 14.5. The summed E-state index contributed by atoms with van der Waals surface area (Å²) < 4.78 is 15.4. The van der Waals surface area contributed by atoms with Gasteiger partial charge >= 0.3 is 0 Å². The summed E-state index contributed by atoms with van der Waals surface area (Å²) in [6.07, 6.45) is 4.24. The number of aliphatic hydroxyl groups is 1. The molecule has 0 saturated carbocycles. The molecule has 0 aliphatic carbocycles. The normalized spacial score (nSPS) is 16.7.